The third-order valence-corrected chi connectivity index (χ3v) is 2.43. The van der Waals surface area contributed by atoms with E-state index in [1.807, 2.05) is 18.2 Å². The van der Waals surface area contributed by atoms with E-state index in [0.717, 1.165) is 10.3 Å². The first-order chi connectivity index (χ1) is 5.91. The second-order valence-electron chi connectivity index (χ2n) is 4.23. The molecule has 1 rings (SSSR count). The molecule has 2 N–H and O–H groups in total. The van der Waals surface area contributed by atoms with Gasteiger partial charge >= 0.3 is 0 Å². The van der Waals surface area contributed by atoms with Crippen LogP contribution in [0, 0.1) is 5.41 Å². The number of hydrogen-bond acceptors (Lipinski definition) is 2. The molecule has 0 bridgehead atoms. The fourth-order valence-electron chi connectivity index (χ4n) is 1.04. The highest BCUT2D eigenvalue weighted by Crippen LogP contribution is 2.29. The zero-order valence-corrected chi connectivity index (χ0v) is 9.80. The van der Waals surface area contributed by atoms with Crippen molar-refractivity contribution in [3.8, 4) is 0 Å². The molecule has 0 aliphatic heterocycles. The molecular formula is C10H15BrN2. The van der Waals surface area contributed by atoms with Gasteiger partial charge in [0.2, 0.25) is 0 Å². The first-order valence-corrected chi connectivity index (χ1v) is 5.08. The number of nitrogens with zero attached hydrogens (tertiary/aromatic N) is 1. The van der Waals surface area contributed by atoms with Gasteiger partial charge in [-0.1, -0.05) is 26.8 Å². The predicted molar refractivity (Wildman–Crippen MR) is 58.3 cm³/mol. The molecule has 0 amide bonds. The summed E-state index contributed by atoms with van der Waals surface area (Å²) in [5, 5.41) is 0. The van der Waals surface area contributed by atoms with Gasteiger partial charge in [0.05, 0.1) is 11.7 Å². The lowest BCUT2D eigenvalue weighted by atomic mass is 9.85. The Morgan fingerprint density at radius 3 is 2.46 bits per heavy atom. The molecule has 0 saturated carbocycles. The highest BCUT2D eigenvalue weighted by molar-refractivity contribution is 9.10. The van der Waals surface area contributed by atoms with Crippen molar-refractivity contribution >= 4 is 15.9 Å². The van der Waals surface area contributed by atoms with E-state index in [1.54, 1.807) is 0 Å². The van der Waals surface area contributed by atoms with Gasteiger partial charge in [-0.05, 0) is 33.5 Å². The Bertz CT molecular complexity index is 291. The second kappa shape index (κ2) is 3.76. The summed E-state index contributed by atoms with van der Waals surface area (Å²) in [6.07, 6.45) is 0. The maximum atomic E-state index is 6.06. The number of rotatable bonds is 1. The van der Waals surface area contributed by atoms with Gasteiger partial charge < -0.3 is 5.73 Å². The molecule has 1 aromatic rings. The van der Waals surface area contributed by atoms with Gasteiger partial charge in [0.1, 0.15) is 4.60 Å². The maximum absolute atomic E-state index is 6.06. The first-order valence-electron chi connectivity index (χ1n) is 4.29. The van der Waals surface area contributed by atoms with E-state index in [1.165, 1.54) is 0 Å². The average Bonchev–Trinajstić information content (AvgIpc) is 2.01. The van der Waals surface area contributed by atoms with Gasteiger partial charge in [-0.15, -0.1) is 0 Å². The van der Waals surface area contributed by atoms with Crippen LogP contribution >= 0.6 is 15.9 Å². The van der Waals surface area contributed by atoms with E-state index in [-0.39, 0.29) is 11.5 Å². The molecule has 3 heteroatoms. The van der Waals surface area contributed by atoms with Crippen molar-refractivity contribution in [1.29, 1.82) is 0 Å². The molecular weight excluding hydrogens is 228 g/mol. The summed E-state index contributed by atoms with van der Waals surface area (Å²) in [7, 11) is 0. The van der Waals surface area contributed by atoms with E-state index >= 15 is 0 Å². The van der Waals surface area contributed by atoms with Gasteiger partial charge in [-0.25, -0.2) is 4.98 Å². The number of aromatic nitrogens is 1. The van der Waals surface area contributed by atoms with Crippen LogP contribution in [0.5, 0.6) is 0 Å². The summed E-state index contributed by atoms with van der Waals surface area (Å²) in [5.41, 5.74) is 7.04. The zero-order valence-electron chi connectivity index (χ0n) is 8.21. The SMILES string of the molecule is CC(C)(C)C(N)c1cccc(Br)n1. The Balaban J connectivity index is 2.96. The van der Waals surface area contributed by atoms with E-state index in [4.69, 9.17) is 5.73 Å². The minimum absolute atomic E-state index is 0.0231. The molecule has 0 radical (unpaired) electrons. The van der Waals surface area contributed by atoms with Crippen LogP contribution in [0.15, 0.2) is 22.8 Å². The molecule has 1 unspecified atom stereocenters. The third kappa shape index (κ3) is 2.78. The lowest BCUT2D eigenvalue weighted by Gasteiger charge is -2.26. The summed E-state index contributed by atoms with van der Waals surface area (Å²) in [5.74, 6) is 0. The van der Waals surface area contributed by atoms with E-state index in [0.29, 0.717) is 0 Å². The van der Waals surface area contributed by atoms with Gasteiger partial charge in [-0.3, -0.25) is 0 Å². The minimum atomic E-state index is -0.0231. The molecule has 0 saturated heterocycles. The summed E-state index contributed by atoms with van der Waals surface area (Å²) in [4.78, 5) is 4.33. The van der Waals surface area contributed by atoms with E-state index in [2.05, 4.69) is 41.7 Å². The molecule has 2 nitrogen and oxygen atoms in total. The van der Waals surface area contributed by atoms with Gasteiger partial charge in [0.25, 0.3) is 0 Å². The molecule has 0 fully saturated rings. The fourth-order valence-corrected chi connectivity index (χ4v) is 1.40. The Morgan fingerprint density at radius 2 is 2.00 bits per heavy atom. The Labute approximate surface area is 87.7 Å². The first kappa shape index (κ1) is 10.7. The van der Waals surface area contributed by atoms with Crippen LogP contribution in [0.2, 0.25) is 0 Å². The molecule has 72 valence electrons. The maximum Gasteiger partial charge on any atom is 0.106 e. The summed E-state index contributed by atoms with van der Waals surface area (Å²) in [6, 6.07) is 5.79. The molecule has 13 heavy (non-hydrogen) atoms. The van der Waals surface area contributed by atoms with Crippen LogP contribution in [0.25, 0.3) is 0 Å². The van der Waals surface area contributed by atoms with Crippen molar-refractivity contribution in [1.82, 2.24) is 4.98 Å². The summed E-state index contributed by atoms with van der Waals surface area (Å²) >= 11 is 3.33. The van der Waals surface area contributed by atoms with Gasteiger partial charge in [-0.2, -0.15) is 0 Å². The van der Waals surface area contributed by atoms with Crippen LogP contribution in [0.3, 0.4) is 0 Å². The molecule has 1 atom stereocenters. The van der Waals surface area contributed by atoms with Crippen LogP contribution in [-0.2, 0) is 0 Å². The summed E-state index contributed by atoms with van der Waals surface area (Å²) < 4.78 is 0.838. The highest BCUT2D eigenvalue weighted by Gasteiger charge is 2.23. The molecule has 1 heterocycles. The van der Waals surface area contributed by atoms with Gasteiger partial charge in [0, 0.05) is 0 Å². The largest absolute Gasteiger partial charge is 0.322 e. The lowest BCUT2D eigenvalue weighted by molar-refractivity contribution is 0.321. The molecule has 0 spiro atoms. The third-order valence-electron chi connectivity index (χ3n) is 1.99. The molecule has 0 aliphatic carbocycles. The van der Waals surface area contributed by atoms with Gasteiger partial charge in [0.15, 0.2) is 0 Å². The topological polar surface area (TPSA) is 38.9 Å². The monoisotopic (exact) mass is 242 g/mol. The van der Waals surface area contributed by atoms with Crippen LogP contribution in [-0.4, -0.2) is 4.98 Å². The summed E-state index contributed by atoms with van der Waals surface area (Å²) in [6.45, 7) is 6.33. The van der Waals surface area contributed by atoms with Crippen molar-refractivity contribution in [2.75, 3.05) is 0 Å². The quantitative estimate of drug-likeness (QED) is 0.770. The van der Waals surface area contributed by atoms with Crippen molar-refractivity contribution in [3.05, 3.63) is 28.5 Å². The normalized spacial score (nSPS) is 14.2. The number of pyridine rings is 1. The predicted octanol–water partition coefficient (Wildman–Crippen LogP) is 2.89. The molecule has 0 aromatic carbocycles. The Morgan fingerprint density at radius 1 is 1.38 bits per heavy atom. The van der Waals surface area contributed by atoms with Crippen LogP contribution in [0.4, 0.5) is 0 Å². The number of hydrogen-bond donors (Lipinski definition) is 1. The molecule has 0 aliphatic rings. The second-order valence-corrected chi connectivity index (χ2v) is 5.04. The van der Waals surface area contributed by atoms with Crippen molar-refractivity contribution in [2.45, 2.75) is 26.8 Å². The number of halogens is 1. The molecule has 1 aromatic heterocycles. The van der Waals surface area contributed by atoms with E-state index in [9.17, 15) is 0 Å². The smallest absolute Gasteiger partial charge is 0.106 e. The fraction of sp³-hybridized carbons (Fsp3) is 0.500. The Kier molecular flexibility index (Phi) is 3.09. The van der Waals surface area contributed by atoms with Crippen LogP contribution in [0.1, 0.15) is 32.5 Å². The Hall–Kier alpha value is -0.410. The lowest BCUT2D eigenvalue weighted by Crippen LogP contribution is -2.27. The standard InChI is InChI=1S/C10H15BrN2/c1-10(2,3)9(12)7-5-4-6-8(11)13-7/h4-6,9H,12H2,1-3H3. The van der Waals surface area contributed by atoms with E-state index < -0.39 is 0 Å². The number of nitrogens with two attached hydrogens (primary N) is 1. The zero-order chi connectivity index (χ0) is 10.1. The minimum Gasteiger partial charge on any atom is -0.322 e. The van der Waals surface area contributed by atoms with Crippen molar-refractivity contribution in [3.63, 3.8) is 0 Å². The van der Waals surface area contributed by atoms with Crippen LogP contribution < -0.4 is 5.73 Å². The van der Waals surface area contributed by atoms with Crippen molar-refractivity contribution in [2.24, 2.45) is 11.1 Å². The highest BCUT2D eigenvalue weighted by atomic mass is 79.9. The average molecular weight is 243 g/mol. The van der Waals surface area contributed by atoms with Crippen molar-refractivity contribution < 1.29 is 0 Å².